The van der Waals surface area contributed by atoms with E-state index in [1.54, 1.807) is 0 Å². The van der Waals surface area contributed by atoms with Crippen molar-refractivity contribution in [1.82, 2.24) is 9.78 Å². The van der Waals surface area contributed by atoms with Crippen LogP contribution in [0.3, 0.4) is 0 Å². The zero-order valence-corrected chi connectivity index (χ0v) is 22.4. The lowest BCUT2D eigenvalue weighted by atomic mass is 9.91. The van der Waals surface area contributed by atoms with Crippen LogP contribution >= 0.6 is 0 Å². The summed E-state index contributed by atoms with van der Waals surface area (Å²) in [6, 6.07) is 16.0. The van der Waals surface area contributed by atoms with E-state index in [4.69, 9.17) is 14.3 Å². The number of ketones is 1. The van der Waals surface area contributed by atoms with E-state index in [-0.39, 0.29) is 17.4 Å². The Morgan fingerprint density at radius 3 is 2.21 bits per heavy atom. The summed E-state index contributed by atoms with van der Waals surface area (Å²) in [6.07, 6.45) is 0. The number of nitrogens with zero attached hydrogens (tertiary/aromatic N) is 2. The first kappa shape index (κ1) is 25.2. The molecular formula is C27H38N2O3Si. The zero-order valence-electron chi connectivity index (χ0n) is 21.4. The van der Waals surface area contributed by atoms with Crippen molar-refractivity contribution in [1.29, 1.82) is 0 Å². The Morgan fingerprint density at radius 2 is 1.61 bits per heavy atom. The first-order chi connectivity index (χ1) is 15.3. The summed E-state index contributed by atoms with van der Waals surface area (Å²) in [5.74, 6) is 0.850. The van der Waals surface area contributed by atoms with Crippen LogP contribution in [0.4, 0.5) is 0 Å². The van der Waals surface area contributed by atoms with Crippen molar-refractivity contribution in [3.8, 4) is 5.75 Å². The first-order valence-corrected chi connectivity index (χ1v) is 14.5. The SMILES string of the molecule is CC(C)(C)C(=O)Cn1nc2c(OCc3ccccc3)cccc2c1CO[Si](C)(C)C(C)(C)C. The monoisotopic (exact) mass is 466 g/mol. The molecule has 0 saturated heterocycles. The molecule has 5 nitrogen and oxygen atoms in total. The fourth-order valence-corrected chi connectivity index (χ4v) is 4.08. The van der Waals surface area contributed by atoms with Crippen molar-refractivity contribution >= 4 is 25.0 Å². The van der Waals surface area contributed by atoms with Crippen LogP contribution in [-0.4, -0.2) is 23.9 Å². The van der Waals surface area contributed by atoms with E-state index >= 15 is 0 Å². The molecule has 0 amide bonds. The second-order valence-electron chi connectivity index (χ2n) is 11.3. The average molecular weight is 467 g/mol. The van der Waals surface area contributed by atoms with E-state index in [0.717, 1.165) is 22.2 Å². The Kier molecular flexibility index (Phi) is 7.20. The Morgan fingerprint density at radius 1 is 0.939 bits per heavy atom. The quantitative estimate of drug-likeness (QED) is 0.344. The summed E-state index contributed by atoms with van der Waals surface area (Å²) in [4.78, 5) is 12.9. The van der Waals surface area contributed by atoms with Gasteiger partial charge in [0.05, 0.1) is 12.3 Å². The first-order valence-electron chi connectivity index (χ1n) is 11.6. The van der Waals surface area contributed by atoms with Gasteiger partial charge in [0.15, 0.2) is 14.1 Å². The van der Waals surface area contributed by atoms with Gasteiger partial charge in [-0.05, 0) is 29.8 Å². The number of rotatable bonds is 8. The fraction of sp³-hybridized carbons (Fsp3) is 0.481. The molecule has 1 aromatic heterocycles. The summed E-state index contributed by atoms with van der Waals surface area (Å²) < 4.78 is 14.5. The van der Waals surface area contributed by atoms with Gasteiger partial charge in [-0.25, -0.2) is 0 Å². The van der Waals surface area contributed by atoms with Crippen LogP contribution in [0.5, 0.6) is 5.75 Å². The predicted octanol–water partition coefficient (Wildman–Crippen LogP) is 6.75. The molecule has 178 valence electrons. The van der Waals surface area contributed by atoms with Gasteiger partial charge < -0.3 is 9.16 Å². The van der Waals surface area contributed by atoms with Gasteiger partial charge in [0, 0.05) is 10.8 Å². The molecule has 3 aromatic rings. The van der Waals surface area contributed by atoms with Gasteiger partial charge in [-0.3, -0.25) is 9.48 Å². The highest BCUT2D eigenvalue weighted by Crippen LogP contribution is 2.38. The van der Waals surface area contributed by atoms with Crippen molar-refractivity contribution in [3.63, 3.8) is 0 Å². The van der Waals surface area contributed by atoms with Crippen LogP contribution in [0.25, 0.3) is 10.9 Å². The topological polar surface area (TPSA) is 53.4 Å². The number of Topliss-reactive ketones (excluding diaryl/α,β-unsaturated/α-hetero) is 1. The Balaban J connectivity index is 1.98. The Bertz CT molecular complexity index is 1110. The molecule has 0 radical (unpaired) electrons. The maximum absolute atomic E-state index is 12.9. The highest BCUT2D eigenvalue weighted by molar-refractivity contribution is 6.74. The highest BCUT2D eigenvalue weighted by atomic mass is 28.4. The Labute approximate surface area is 199 Å². The van der Waals surface area contributed by atoms with E-state index in [2.05, 4.69) is 33.9 Å². The van der Waals surface area contributed by atoms with Crippen molar-refractivity contribution < 1.29 is 14.0 Å². The third-order valence-electron chi connectivity index (χ3n) is 6.59. The van der Waals surface area contributed by atoms with Crippen molar-refractivity contribution in [2.24, 2.45) is 5.41 Å². The van der Waals surface area contributed by atoms with Crippen LogP contribution in [0.1, 0.15) is 52.8 Å². The lowest BCUT2D eigenvalue weighted by Crippen LogP contribution is -2.40. The van der Waals surface area contributed by atoms with Crippen molar-refractivity contribution in [2.75, 3.05) is 0 Å². The minimum Gasteiger partial charge on any atom is -0.487 e. The number of ether oxygens (including phenoxy) is 1. The molecule has 0 aliphatic carbocycles. The molecule has 0 aliphatic heterocycles. The average Bonchev–Trinajstić information content (AvgIpc) is 3.07. The number of carbonyl (C=O) groups excluding carboxylic acids is 1. The van der Waals surface area contributed by atoms with Crippen LogP contribution < -0.4 is 4.74 Å². The number of hydrogen-bond acceptors (Lipinski definition) is 4. The molecule has 6 heteroatoms. The smallest absolute Gasteiger partial charge is 0.192 e. The number of benzene rings is 2. The molecule has 2 aromatic carbocycles. The van der Waals surface area contributed by atoms with E-state index in [1.165, 1.54) is 0 Å². The normalized spacial score (nSPS) is 12.8. The van der Waals surface area contributed by atoms with Crippen LogP contribution in [0.15, 0.2) is 48.5 Å². The molecule has 0 bridgehead atoms. The van der Waals surface area contributed by atoms with Crippen LogP contribution in [0.2, 0.25) is 18.1 Å². The predicted molar refractivity (Wildman–Crippen MR) is 137 cm³/mol. The van der Waals surface area contributed by atoms with Gasteiger partial charge in [-0.15, -0.1) is 0 Å². The fourth-order valence-electron chi connectivity index (χ4n) is 3.15. The van der Waals surface area contributed by atoms with Gasteiger partial charge in [0.2, 0.25) is 0 Å². The number of hydrogen-bond donors (Lipinski definition) is 0. The summed E-state index contributed by atoms with van der Waals surface area (Å²) >= 11 is 0. The van der Waals surface area contributed by atoms with Crippen LogP contribution in [0, 0.1) is 5.41 Å². The van der Waals surface area contributed by atoms with Gasteiger partial charge in [-0.2, -0.15) is 5.10 Å². The molecule has 0 unspecified atom stereocenters. The number of aromatic nitrogens is 2. The molecule has 0 aliphatic rings. The largest absolute Gasteiger partial charge is 0.487 e. The summed E-state index contributed by atoms with van der Waals surface area (Å²) in [7, 11) is -1.98. The molecule has 3 rings (SSSR count). The summed E-state index contributed by atoms with van der Waals surface area (Å²) in [5, 5.41) is 5.92. The molecule has 0 saturated carbocycles. The van der Waals surface area contributed by atoms with E-state index in [1.807, 2.05) is 74.0 Å². The van der Waals surface area contributed by atoms with Crippen molar-refractivity contribution in [3.05, 3.63) is 59.8 Å². The van der Waals surface area contributed by atoms with E-state index < -0.39 is 13.7 Å². The molecular weight excluding hydrogens is 428 g/mol. The van der Waals surface area contributed by atoms with Gasteiger partial charge in [-0.1, -0.05) is 84.0 Å². The standard InChI is InChI=1S/C27H38N2O3Si/c1-26(2,3)24(30)17-29-22(19-32-33(7,8)27(4,5)6)21-15-12-16-23(25(21)28-29)31-18-20-13-10-9-11-14-20/h9-16H,17-19H2,1-8H3. The summed E-state index contributed by atoms with van der Waals surface area (Å²) in [5.41, 5.74) is 2.35. The van der Waals surface area contributed by atoms with Crippen molar-refractivity contribution in [2.45, 2.75) is 79.4 Å². The van der Waals surface area contributed by atoms with Crippen LogP contribution in [-0.2, 0) is 29.0 Å². The zero-order chi connectivity index (χ0) is 24.4. The van der Waals surface area contributed by atoms with Gasteiger partial charge >= 0.3 is 0 Å². The third-order valence-corrected chi connectivity index (χ3v) is 11.1. The molecule has 0 atom stereocenters. The third kappa shape index (κ3) is 5.92. The van der Waals surface area contributed by atoms with Gasteiger partial charge in [0.25, 0.3) is 0 Å². The molecule has 33 heavy (non-hydrogen) atoms. The maximum atomic E-state index is 12.9. The van der Waals surface area contributed by atoms with E-state index in [9.17, 15) is 4.79 Å². The molecule has 0 N–H and O–H groups in total. The molecule has 0 fully saturated rings. The lowest BCUT2D eigenvalue weighted by molar-refractivity contribution is -0.127. The second-order valence-corrected chi connectivity index (χ2v) is 16.1. The Hall–Kier alpha value is -2.44. The summed E-state index contributed by atoms with van der Waals surface area (Å²) in [6.45, 7) is 18.1. The minimum absolute atomic E-state index is 0.0961. The molecule has 1 heterocycles. The number of carbonyl (C=O) groups is 1. The molecule has 0 spiro atoms. The highest BCUT2D eigenvalue weighted by Gasteiger charge is 2.37. The maximum Gasteiger partial charge on any atom is 0.192 e. The second kappa shape index (κ2) is 9.43. The van der Waals surface area contributed by atoms with Gasteiger partial charge in [0.1, 0.15) is 24.4 Å². The lowest BCUT2D eigenvalue weighted by Gasteiger charge is -2.36. The van der Waals surface area contributed by atoms with E-state index in [0.29, 0.717) is 19.0 Å². The minimum atomic E-state index is -1.98. The number of fused-ring (bicyclic) bond motifs is 1.